The van der Waals surface area contributed by atoms with Gasteiger partial charge in [0.1, 0.15) is 11.6 Å². The van der Waals surface area contributed by atoms with Crippen LogP contribution in [0.3, 0.4) is 0 Å². The summed E-state index contributed by atoms with van der Waals surface area (Å²) in [6, 6.07) is 2.32. The highest BCUT2D eigenvalue weighted by Crippen LogP contribution is 2.29. The number of aromatic amines is 1. The van der Waals surface area contributed by atoms with Gasteiger partial charge in [0.15, 0.2) is 5.65 Å². The van der Waals surface area contributed by atoms with E-state index in [1.807, 2.05) is 13.0 Å². The molecular weight excluding hydrogens is 310 g/mol. The van der Waals surface area contributed by atoms with Crippen molar-refractivity contribution in [1.82, 2.24) is 19.6 Å². The molecule has 2 unspecified atom stereocenters. The number of rotatable bonds is 2. The third-order valence-corrected chi connectivity index (χ3v) is 4.55. The topological polar surface area (TPSA) is 66.3 Å². The zero-order valence-electron chi connectivity index (χ0n) is 10.9. The standard InChI is InChI=1S/C12H16BrN5O/c1-7-3-4-17(9(7)6-13)10-5-11-15-16-12(19)18(11)8(2)14-10/h5,7,9H,3-4,6H2,1-2H3,(H,16,19). The number of aryl methyl sites for hydroxylation is 1. The van der Waals surface area contributed by atoms with E-state index in [1.54, 1.807) is 0 Å². The van der Waals surface area contributed by atoms with Crippen molar-refractivity contribution >= 4 is 27.4 Å². The van der Waals surface area contributed by atoms with Crippen molar-refractivity contribution in [3.05, 3.63) is 22.4 Å². The number of halogens is 1. The Labute approximate surface area is 119 Å². The molecule has 0 aliphatic carbocycles. The lowest BCUT2D eigenvalue weighted by Gasteiger charge is -2.26. The molecule has 2 atom stereocenters. The Balaban J connectivity index is 2.08. The van der Waals surface area contributed by atoms with Crippen LogP contribution in [0.2, 0.25) is 0 Å². The molecule has 3 rings (SSSR count). The predicted molar refractivity (Wildman–Crippen MR) is 77.1 cm³/mol. The Hall–Kier alpha value is -1.37. The molecule has 1 aliphatic heterocycles. The van der Waals surface area contributed by atoms with Crippen molar-refractivity contribution < 1.29 is 0 Å². The normalized spacial score (nSPS) is 23.4. The third kappa shape index (κ3) is 1.96. The Morgan fingerprint density at radius 3 is 3.11 bits per heavy atom. The van der Waals surface area contributed by atoms with Crippen LogP contribution in [-0.4, -0.2) is 37.5 Å². The number of hydrogen-bond donors (Lipinski definition) is 1. The minimum atomic E-state index is -0.238. The number of nitrogens with one attached hydrogen (secondary N) is 1. The Morgan fingerprint density at radius 2 is 2.37 bits per heavy atom. The van der Waals surface area contributed by atoms with Crippen molar-refractivity contribution in [1.29, 1.82) is 0 Å². The molecule has 0 radical (unpaired) electrons. The van der Waals surface area contributed by atoms with Gasteiger partial charge in [0, 0.05) is 24.0 Å². The largest absolute Gasteiger partial charge is 0.352 e. The van der Waals surface area contributed by atoms with Crippen molar-refractivity contribution in [3.63, 3.8) is 0 Å². The van der Waals surface area contributed by atoms with Gasteiger partial charge < -0.3 is 4.90 Å². The molecule has 7 heteroatoms. The lowest BCUT2D eigenvalue weighted by molar-refractivity contribution is 0.552. The van der Waals surface area contributed by atoms with Gasteiger partial charge in [0.05, 0.1) is 0 Å². The van der Waals surface area contributed by atoms with Crippen LogP contribution in [0.1, 0.15) is 19.2 Å². The first-order chi connectivity index (χ1) is 9.11. The molecule has 6 nitrogen and oxygen atoms in total. The van der Waals surface area contributed by atoms with Crippen LogP contribution < -0.4 is 10.6 Å². The Kier molecular flexibility index (Phi) is 3.08. The molecule has 102 valence electrons. The third-order valence-electron chi connectivity index (χ3n) is 3.89. The summed E-state index contributed by atoms with van der Waals surface area (Å²) < 4.78 is 1.49. The second-order valence-corrected chi connectivity index (χ2v) is 5.71. The van der Waals surface area contributed by atoms with Crippen molar-refractivity contribution in [3.8, 4) is 0 Å². The van der Waals surface area contributed by atoms with Crippen LogP contribution in [0.4, 0.5) is 5.82 Å². The molecule has 1 N–H and O–H groups in total. The van der Waals surface area contributed by atoms with Crippen molar-refractivity contribution in [2.45, 2.75) is 26.3 Å². The monoisotopic (exact) mass is 325 g/mol. The molecule has 1 aliphatic rings. The first-order valence-corrected chi connectivity index (χ1v) is 7.51. The molecular formula is C12H16BrN5O. The van der Waals surface area contributed by atoms with E-state index in [1.165, 1.54) is 4.40 Å². The molecule has 3 heterocycles. The first kappa shape index (κ1) is 12.7. The molecule has 1 fully saturated rings. The summed E-state index contributed by atoms with van der Waals surface area (Å²) in [6.45, 7) is 5.08. The summed E-state index contributed by atoms with van der Waals surface area (Å²) >= 11 is 3.58. The maximum atomic E-state index is 11.6. The van der Waals surface area contributed by atoms with E-state index < -0.39 is 0 Å². The minimum absolute atomic E-state index is 0.238. The highest BCUT2D eigenvalue weighted by Gasteiger charge is 2.31. The predicted octanol–water partition coefficient (Wildman–Crippen LogP) is 1.34. The lowest BCUT2D eigenvalue weighted by atomic mass is 10.1. The summed E-state index contributed by atoms with van der Waals surface area (Å²) in [4.78, 5) is 18.4. The molecule has 0 bridgehead atoms. The average Bonchev–Trinajstić information content (AvgIpc) is 2.93. The highest BCUT2D eigenvalue weighted by molar-refractivity contribution is 9.09. The van der Waals surface area contributed by atoms with E-state index in [0.717, 1.165) is 24.1 Å². The summed E-state index contributed by atoms with van der Waals surface area (Å²) in [5, 5.41) is 7.41. The fourth-order valence-corrected chi connectivity index (χ4v) is 3.74. The maximum Gasteiger partial charge on any atom is 0.349 e. The number of hydrogen-bond acceptors (Lipinski definition) is 4. The van der Waals surface area contributed by atoms with Crippen LogP contribution in [0.5, 0.6) is 0 Å². The Morgan fingerprint density at radius 1 is 1.58 bits per heavy atom. The summed E-state index contributed by atoms with van der Waals surface area (Å²) in [7, 11) is 0. The first-order valence-electron chi connectivity index (χ1n) is 6.39. The van der Waals surface area contributed by atoms with Crippen LogP contribution in [0, 0.1) is 12.8 Å². The maximum absolute atomic E-state index is 11.6. The Bertz CT molecular complexity index is 664. The smallest absolute Gasteiger partial charge is 0.349 e. The second kappa shape index (κ2) is 4.63. The van der Waals surface area contributed by atoms with E-state index in [-0.39, 0.29) is 5.69 Å². The zero-order valence-corrected chi connectivity index (χ0v) is 12.5. The number of nitrogens with zero attached hydrogens (tertiary/aromatic N) is 4. The van der Waals surface area contributed by atoms with Gasteiger partial charge in [-0.25, -0.2) is 19.3 Å². The van der Waals surface area contributed by atoms with Crippen LogP contribution in [0.15, 0.2) is 10.9 Å². The lowest BCUT2D eigenvalue weighted by Crippen LogP contribution is -2.34. The van der Waals surface area contributed by atoms with E-state index in [9.17, 15) is 4.79 Å². The average molecular weight is 326 g/mol. The van der Waals surface area contributed by atoms with Crippen LogP contribution in [-0.2, 0) is 0 Å². The van der Waals surface area contributed by atoms with Gasteiger partial charge in [-0.2, -0.15) is 5.10 Å². The molecule has 0 spiro atoms. The fraction of sp³-hybridized carbons (Fsp3) is 0.583. The summed E-state index contributed by atoms with van der Waals surface area (Å²) in [6.07, 6.45) is 1.16. The van der Waals surface area contributed by atoms with Crippen LogP contribution in [0.25, 0.3) is 5.65 Å². The van der Waals surface area contributed by atoms with E-state index in [0.29, 0.717) is 23.4 Å². The quantitative estimate of drug-likeness (QED) is 0.846. The molecule has 2 aromatic heterocycles. The van der Waals surface area contributed by atoms with Crippen LogP contribution >= 0.6 is 15.9 Å². The van der Waals surface area contributed by atoms with Gasteiger partial charge in [0.2, 0.25) is 0 Å². The molecule has 1 saturated heterocycles. The molecule has 0 saturated carbocycles. The van der Waals surface area contributed by atoms with E-state index in [2.05, 4.69) is 42.9 Å². The van der Waals surface area contributed by atoms with E-state index >= 15 is 0 Å². The van der Waals surface area contributed by atoms with Gasteiger partial charge in [-0.1, -0.05) is 22.9 Å². The molecule has 0 amide bonds. The van der Waals surface area contributed by atoms with Gasteiger partial charge in [-0.05, 0) is 19.3 Å². The number of anilines is 1. The fourth-order valence-electron chi connectivity index (χ4n) is 2.76. The second-order valence-electron chi connectivity index (χ2n) is 5.06. The molecule has 19 heavy (non-hydrogen) atoms. The van der Waals surface area contributed by atoms with Gasteiger partial charge in [0.25, 0.3) is 0 Å². The van der Waals surface area contributed by atoms with Crippen molar-refractivity contribution in [2.24, 2.45) is 5.92 Å². The highest BCUT2D eigenvalue weighted by atomic mass is 79.9. The number of aromatic nitrogens is 4. The number of fused-ring (bicyclic) bond motifs is 1. The SMILES string of the molecule is Cc1nc(N2CCC(C)C2CBr)cc2n[nH]c(=O)n12. The number of H-pyrrole nitrogens is 1. The molecule has 0 aromatic carbocycles. The minimum Gasteiger partial charge on any atom is -0.352 e. The summed E-state index contributed by atoms with van der Waals surface area (Å²) in [5.41, 5.74) is 0.388. The summed E-state index contributed by atoms with van der Waals surface area (Å²) in [5.74, 6) is 2.20. The van der Waals surface area contributed by atoms with Crippen molar-refractivity contribution in [2.75, 3.05) is 16.8 Å². The number of alkyl halides is 1. The molecule has 2 aromatic rings. The van der Waals surface area contributed by atoms with E-state index in [4.69, 9.17) is 0 Å². The van der Waals surface area contributed by atoms with Gasteiger partial charge >= 0.3 is 5.69 Å². The zero-order chi connectivity index (χ0) is 13.6. The van der Waals surface area contributed by atoms with Gasteiger partial charge in [-0.15, -0.1) is 0 Å². The van der Waals surface area contributed by atoms with Gasteiger partial charge in [-0.3, -0.25) is 0 Å².